The minimum absolute atomic E-state index is 0.490. The molecular formula is C14H16O2. The zero-order valence-electron chi connectivity index (χ0n) is 9.60. The lowest BCUT2D eigenvalue weighted by molar-refractivity contribution is 0.0520. The summed E-state index contributed by atoms with van der Waals surface area (Å²) in [6.45, 7) is 3.83. The van der Waals surface area contributed by atoms with E-state index >= 15 is 0 Å². The van der Waals surface area contributed by atoms with Gasteiger partial charge in [-0.15, -0.1) is 0 Å². The number of benzene rings is 1. The van der Waals surface area contributed by atoms with Crippen molar-refractivity contribution in [1.29, 1.82) is 0 Å². The summed E-state index contributed by atoms with van der Waals surface area (Å²) in [5.41, 5.74) is 1.19. The maximum atomic E-state index is 10.4. The van der Waals surface area contributed by atoms with Crippen LogP contribution in [0.5, 0.6) is 0 Å². The second kappa shape index (κ2) is 4.14. The molecule has 1 heterocycles. The van der Waals surface area contributed by atoms with Crippen molar-refractivity contribution in [2.24, 2.45) is 0 Å². The van der Waals surface area contributed by atoms with Crippen molar-refractivity contribution < 1.29 is 9.52 Å². The lowest BCUT2D eigenvalue weighted by atomic mass is 9.90. The fourth-order valence-electron chi connectivity index (χ4n) is 1.83. The van der Waals surface area contributed by atoms with Crippen LogP contribution in [0, 0.1) is 6.92 Å². The van der Waals surface area contributed by atoms with Crippen molar-refractivity contribution in [2.75, 3.05) is 0 Å². The average molecular weight is 216 g/mol. The van der Waals surface area contributed by atoms with Crippen LogP contribution in [0.15, 0.2) is 47.1 Å². The molecule has 84 valence electrons. The van der Waals surface area contributed by atoms with Gasteiger partial charge < -0.3 is 9.52 Å². The van der Waals surface area contributed by atoms with Crippen LogP contribution in [0.1, 0.15) is 23.8 Å². The molecule has 2 nitrogen and oxygen atoms in total. The van der Waals surface area contributed by atoms with Crippen LogP contribution in [0.25, 0.3) is 0 Å². The molecule has 0 radical (unpaired) electrons. The molecule has 1 unspecified atom stereocenters. The number of hydrogen-bond donors (Lipinski definition) is 1. The smallest absolute Gasteiger partial charge is 0.106 e. The molecule has 0 aliphatic carbocycles. The highest BCUT2D eigenvalue weighted by molar-refractivity contribution is 5.28. The van der Waals surface area contributed by atoms with E-state index in [1.165, 1.54) is 0 Å². The van der Waals surface area contributed by atoms with Crippen molar-refractivity contribution >= 4 is 0 Å². The highest BCUT2D eigenvalue weighted by atomic mass is 16.3. The van der Waals surface area contributed by atoms with Gasteiger partial charge in [0.2, 0.25) is 0 Å². The fraction of sp³-hybridized carbons (Fsp3) is 0.286. The standard InChI is InChI=1S/C14H16O2/c1-11-5-3-6-12(9-11)14(2,15)10-13-7-4-8-16-13/h3-9,15H,10H2,1-2H3. The molecule has 0 aliphatic rings. The monoisotopic (exact) mass is 216 g/mol. The van der Waals surface area contributed by atoms with E-state index in [-0.39, 0.29) is 0 Å². The Labute approximate surface area is 95.5 Å². The third kappa shape index (κ3) is 2.34. The van der Waals surface area contributed by atoms with E-state index < -0.39 is 5.60 Å². The Bertz CT molecular complexity index is 455. The molecule has 2 rings (SSSR count). The van der Waals surface area contributed by atoms with Crippen molar-refractivity contribution in [3.05, 3.63) is 59.5 Å². The number of furan rings is 1. The summed E-state index contributed by atoms with van der Waals surface area (Å²) in [7, 11) is 0. The van der Waals surface area contributed by atoms with Gasteiger partial charge in [0.15, 0.2) is 0 Å². The van der Waals surface area contributed by atoms with E-state index in [4.69, 9.17) is 4.42 Å². The van der Waals surface area contributed by atoms with Crippen molar-refractivity contribution in [2.45, 2.75) is 25.9 Å². The molecule has 1 N–H and O–H groups in total. The van der Waals surface area contributed by atoms with Gasteiger partial charge in [0.1, 0.15) is 5.76 Å². The Balaban J connectivity index is 2.24. The van der Waals surface area contributed by atoms with Gasteiger partial charge in [-0.3, -0.25) is 0 Å². The topological polar surface area (TPSA) is 33.4 Å². The van der Waals surface area contributed by atoms with Gasteiger partial charge in [0.25, 0.3) is 0 Å². The molecule has 0 amide bonds. The third-order valence-electron chi connectivity index (χ3n) is 2.74. The van der Waals surface area contributed by atoms with Gasteiger partial charge in [0, 0.05) is 6.42 Å². The predicted molar refractivity (Wildman–Crippen MR) is 63.2 cm³/mol. The van der Waals surface area contributed by atoms with E-state index in [1.54, 1.807) is 6.26 Å². The molecule has 2 aromatic rings. The number of hydrogen-bond acceptors (Lipinski definition) is 2. The zero-order valence-corrected chi connectivity index (χ0v) is 9.60. The molecule has 0 aliphatic heterocycles. The quantitative estimate of drug-likeness (QED) is 0.855. The molecular weight excluding hydrogens is 200 g/mol. The zero-order chi connectivity index (χ0) is 11.6. The molecule has 16 heavy (non-hydrogen) atoms. The fourth-order valence-corrected chi connectivity index (χ4v) is 1.83. The molecule has 2 heteroatoms. The first kappa shape index (κ1) is 11.0. The highest BCUT2D eigenvalue weighted by Crippen LogP contribution is 2.25. The third-order valence-corrected chi connectivity index (χ3v) is 2.74. The van der Waals surface area contributed by atoms with E-state index in [2.05, 4.69) is 0 Å². The van der Waals surface area contributed by atoms with Crippen molar-refractivity contribution in [3.63, 3.8) is 0 Å². The van der Waals surface area contributed by atoms with Gasteiger partial charge in [0.05, 0.1) is 11.9 Å². The maximum Gasteiger partial charge on any atom is 0.106 e. The predicted octanol–water partition coefficient (Wildman–Crippen LogP) is 3.04. The minimum Gasteiger partial charge on any atom is -0.469 e. The molecule has 0 spiro atoms. The summed E-state index contributed by atoms with van der Waals surface area (Å²) in [5, 5.41) is 10.4. The lowest BCUT2D eigenvalue weighted by Crippen LogP contribution is -2.24. The number of rotatable bonds is 3. The largest absolute Gasteiger partial charge is 0.469 e. The summed E-state index contributed by atoms with van der Waals surface area (Å²) < 4.78 is 5.26. The summed E-state index contributed by atoms with van der Waals surface area (Å²) in [6.07, 6.45) is 2.12. The van der Waals surface area contributed by atoms with Crippen LogP contribution in [0.2, 0.25) is 0 Å². The van der Waals surface area contributed by atoms with Crippen LogP contribution < -0.4 is 0 Å². The van der Waals surface area contributed by atoms with Crippen LogP contribution in [-0.4, -0.2) is 5.11 Å². The van der Waals surface area contributed by atoms with Crippen LogP contribution in [0.4, 0.5) is 0 Å². The lowest BCUT2D eigenvalue weighted by Gasteiger charge is -2.23. The van der Waals surface area contributed by atoms with Gasteiger partial charge in [-0.25, -0.2) is 0 Å². The van der Waals surface area contributed by atoms with Crippen molar-refractivity contribution in [1.82, 2.24) is 0 Å². The Morgan fingerprint density at radius 2 is 2.06 bits per heavy atom. The summed E-state index contributed by atoms with van der Waals surface area (Å²) in [5.74, 6) is 0.798. The van der Waals surface area contributed by atoms with Crippen LogP contribution >= 0.6 is 0 Å². The second-order valence-electron chi connectivity index (χ2n) is 4.40. The first-order valence-electron chi connectivity index (χ1n) is 5.40. The Hall–Kier alpha value is -1.54. The van der Waals surface area contributed by atoms with Crippen molar-refractivity contribution in [3.8, 4) is 0 Å². The molecule has 0 fully saturated rings. The van der Waals surface area contributed by atoms with E-state index in [1.807, 2.05) is 50.2 Å². The van der Waals surface area contributed by atoms with Crippen LogP contribution in [-0.2, 0) is 12.0 Å². The molecule has 0 saturated carbocycles. The van der Waals surface area contributed by atoms with Gasteiger partial charge in [-0.2, -0.15) is 0 Å². The first-order valence-corrected chi connectivity index (χ1v) is 5.40. The summed E-state index contributed by atoms with van der Waals surface area (Å²) >= 11 is 0. The molecule has 1 atom stereocenters. The normalized spacial score (nSPS) is 14.7. The van der Waals surface area contributed by atoms with E-state index in [0.717, 1.165) is 16.9 Å². The summed E-state index contributed by atoms with van der Waals surface area (Å²) in [6, 6.07) is 11.6. The Morgan fingerprint density at radius 1 is 1.25 bits per heavy atom. The Kier molecular flexibility index (Phi) is 2.84. The first-order chi connectivity index (χ1) is 7.58. The minimum atomic E-state index is -0.885. The van der Waals surface area contributed by atoms with Crippen LogP contribution in [0.3, 0.4) is 0 Å². The highest BCUT2D eigenvalue weighted by Gasteiger charge is 2.24. The maximum absolute atomic E-state index is 10.4. The van der Waals surface area contributed by atoms with Gasteiger partial charge >= 0.3 is 0 Å². The van der Waals surface area contributed by atoms with E-state index in [0.29, 0.717) is 6.42 Å². The van der Waals surface area contributed by atoms with Gasteiger partial charge in [-0.05, 0) is 31.5 Å². The second-order valence-corrected chi connectivity index (χ2v) is 4.40. The summed E-state index contributed by atoms with van der Waals surface area (Å²) in [4.78, 5) is 0. The van der Waals surface area contributed by atoms with E-state index in [9.17, 15) is 5.11 Å². The molecule has 0 saturated heterocycles. The molecule has 1 aromatic carbocycles. The number of aliphatic hydroxyl groups is 1. The van der Waals surface area contributed by atoms with Gasteiger partial charge in [-0.1, -0.05) is 29.8 Å². The average Bonchev–Trinajstić information content (AvgIpc) is 2.70. The molecule has 1 aromatic heterocycles. The number of aryl methyl sites for hydroxylation is 1. The Morgan fingerprint density at radius 3 is 2.69 bits per heavy atom. The SMILES string of the molecule is Cc1cccc(C(C)(O)Cc2ccco2)c1. The molecule has 0 bridgehead atoms.